The highest BCUT2D eigenvalue weighted by Crippen LogP contribution is 2.41. The Balaban J connectivity index is 1.59. The first-order valence-corrected chi connectivity index (χ1v) is 13.1. The molecule has 0 spiro atoms. The fraction of sp³-hybridized carbons (Fsp3) is 0.0606. The smallest absolute Gasteiger partial charge is 0.216 e. The number of carbonyl (C=O) groups is 1. The summed E-state index contributed by atoms with van der Waals surface area (Å²) in [6.07, 6.45) is 3.52. The van der Waals surface area contributed by atoms with E-state index in [1.165, 1.54) is 15.4 Å². The van der Waals surface area contributed by atoms with Crippen molar-refractivity contribution >= 4 is 33.5 Å². The number of hydrogen-bond donors (Lipinski definition) is 0. The van der Waals surface area contributed by atoms with Crippen molar-refractivity contribution < 1.29 is 9.53 Å². The Hall–Kier alpha value is -4.08. The summed E-state index contributed by atoms with van der Waals surface area (Å²) in [7, 11) is 1.35. The number of carbonyl (C=O) groups excluding carboxylic acids is 1. The number of ether oxygens (including phenoxy) is 1. The van der Waals surface area contributed by atoms with E-state index in [2.05, 4.69) is 61.5 Å². The zero-order valence-corrected chi connectivity index (χ0v) is 21.2. The number of methoxy groups -OCH3 is 1. The Morgan fingerprint density at radius 3 is 2.00 bits per heavy atom. The predicted octanol–water partition coefficient (Wildman–Crippen LogP) is 8.15. The van der Waals surface area contributed by atoms with Gasteiger partial charge in [0.1, 0.15) is 10.9 Å². The summed E-state index contributed by atoms with van der Waals surface area (Å²) in [5.41, 5.74) is 2.88. The Morgan fingerprint density at radius 2 is 1.39 bits per heavy atom. The highest BCUT2D eigenvalue weighted by atomic mass is 32.2. The molecule has 2 nitrogen and oxygen atoms in total. The van der Waals surface area contributed by atoms with Crippen LogP contribution < -0.4 is 4.74 Å². The molecule has 5 rings (SSSR count). The molecule has 0 aliphatic rings. The van der Waals surface area contributed by atoms with E-state index in [0.29, 0.717) is 5.56 Å². The van der Waals surface area contributed by atoms with Crippen LogP contribution in [0.15, 0.2) is 136 Å². The molecule has 0 unspecified atom stereocenters. The molecule has 0 fully saturated rings. The Labute approximate surface area is 215 Å². The molecule has 5 aromatic rings. The zero-order chi connectivity index (χ0) is 24.9. The van der Waals surface area contributed by atoms with Crippen LogP contribution in [0.3, 0.4) is 0 Å². The second-order valence-electron chi connectivity index (χ2n) is 8.57. The van der Waals surface area contributed by atoms with Gasteiger partial charge in [-0.3, -0.25) is 4.79 Å². The number of fused-ring (bicyclic) bond motifs is 1. The molecule has 3 heteroatoms. The van der Waals surface area contributed by atoms with E-state index in [1.54, 1.807) is 13.2 Å². The number of ketones is 1. The lowest BCUT2D eigenvalue weighted by atomic mass is 10.0. The number of hydrogen-bond acceptors (Lipinski definition) is 2. The van der Waals surface area contributed by atoms with Crippen LogP contribution in [0.2, 0.25) is 0 Å². The van der Waals surface area contributed by atoms with Crippen molar-refractivity contribution in [2.75, 3.05) is 7.11 Å². The third-order valence-electron chi connectivity index (χ3n) is 6.11. The third kappa shape index (κ3) is 4.98. The van der Waals surface area contributed by atoms with Crippen LogP contribution in [0.4, 0.5) is 0 Å². The molecule has 0 aliphatic carbocycles. The Morgan fingerprint density at radius 1 is 0.750 bits per heavy atom. The van der Waals surface area contributed by atoms with Gasteiger partial charge in [0.2, 0.25) is 4.90 Å². The summed E-state index contributed by atoms with van der Waals surface area (Å²) in [5.74, 6) is 0.830. The highest BCUT2D eigenvalue weighted by molar-refractivity contribution is 7.97. The van der Waals surface area contributed by atoms with Crippen LogP contribution in [0.5, 0.6) is 5.75 Å². The van der Waals surface area contributed by atoms with Crippen LogP contribution >= 0.6 is 0 Å². The summed E-state index contributed by atoms with van der Waals surface area (Å²) in [6.45, 7) is 2.05. The Kier molecular flexibility index (Phi) is 7.01. The van der Waals surface area contributed by atoms with Crippen LogP contribution in [-0.2, 0) is 10.9 Å². The zero-order valence-electron chi connectivity index (χ0n) is 20.3. The topological polar surface area (TPSA) is 26.3 Å². The molecule has 0 aliphatic heterocycles. The van der Waals surface area contributed by atoms with Crippen LogP contribution in [0, 0.1) is 6.92 Å². The maximum absolute atomic E-state index is 13.0. The van der Waals surface area contributed by atoms with Gasteiger partial charge in [0, 0.05) is 10.9 Å². The van der Waals surface area contributed by atoms with Crippen molar-refractivity contribution in [1.82, 2.24) is 0 Å². The average molecular weight is 488 g/mol. The first kappa shape index (κ1) is 23.7. The van der Waals surface area contributed by atoms with Crippen LogP contribution in [0.25, 0.3) is 16.8 Å². The third-order valence-corrected chi connectivity index (χ3v) is 8.42. The summed E-state index contributed by atoms with van der Waals surface area (Å²) in [5, 5.41) is 2.11. The van der Waals surface area contributed by atoms with Gasteiger partial charge in [0.25, 0.3) is 0 Å². The molecular formula is C33H27O2S+. The molecular weight excluding hydrogens is 460 g/mol. The minimum atomic E-state index is -0.372. The summed E-state index contributed by atoms with van der Waals surface area (Å²) >= 11 is 0. The van der Waals surface area contributed by atoms with E-state index < -0.39 is 0 Å². The maximum atomic E-state index is 13.0. The van der Waals surface area contributed by atoms with E-state index in [-0.39, 0.29) is 16.7 Å². The standard InChI is InChI=1S/C33H27O2S/c1-24-13-15-25(16-14-24)17-21-31(34)27-18-20-30-26(23-27)19-22-32(35-2)33(30)36(28-9-5-3-6-10-28)29-11-7-4-8-12-29/h3-23H,1-2H3/q+1. The monoisotopic (exact) mass is 487 g/mol. The van der Waals surface area contributed by atoms with E-state index in [1.807, 2.05) is 66.7 Å². The van der Waals surface area contributed by atoms with E-state index in [0.717, 1.165) is 27.0 Å². The molecule has 5 aromatic carbocycles. The minimum Gasteiger partial charge on any atom is -0.491 e. The maximum Gasteiger partial charge on any atom is 0.216 e. The lowest BCUT2D eigenvalue weighted by Gasteiger charge is -2.14. The second-order valence-corrected chi connectivity index (χ2v) is 10.5. The predicted molar refractivity (Wildman–Crippen MR) is 150 cm³/mol. The van der Waals surface area contributed by atoms with Gasteiger partial charge in [-0.25, -0.2) is 0 Å². The molecule has 0 N–H and O–H groups in total. The average Bonchev–Trinajstić information content (AvgIpc) is 2.93. The molecule has 0 saturated carbocycles. The van der Waals surface area contributed by atoms with Gasteiger partial charge in [-0.15, -0.1) is 0 Å². The normalized spacial score (nSPS) is 11.3. The van der Waals surface area contributed by atoms with Crippen LogP contribution in [0.1, 0.15) is 21.5 Å². The first-order chi connectivity index (χ1) is 17.6. The number of rotatable bonds is 7. The molecule has 176 valence electrons. The molecule has 0 saturated heterocycles. The first-order valence-electron chi connectivity index (χ1n) is 11.9. The van der Waals surface area contributed by atoms with E-state index >= 15 is 0 Å². The molecule has 0 heterocycles. The fourth-order valence-corrected chi connectivity index (χ4v) is 6.60. The van der Waals surface area contributed by atoms with Gasteiger partial charge in [-0.2, -0.15) is 0 Å². The van der Waals surface area contributed by atoms with Crippen molar-refractivity contribution in [1.29, 1.82) is 0 Å². The van der Waals surface area contributed by atoms with Gasteiger partial charge < -0.3 is 4.74 Å². The summed E-state index contributed by atoms with van der Waals surface area (Å²) in [4.78, 5) is 16.6. The lowest BCUT2D eigenvalue weighted by Crippen LogP contribution is -2.08. The highest BCUT2D eigenvalue weighted by Gasteiger charge is 2.34. The largest absolute Gasteiger partial charge is 0.491 e. The SMILES string of the molecule is COc1ccc2cc(C(=O)C=Cc3ccc(C)cc3)ccc2c1[S+](c1ccccc1)c1ccccc1. The molecule has 0 atom stereocenters. The van der Waals surface area contributed by atoms with Gasteiger partial charge in [-0.1, -0.05) is 84.4 Å². The molecule has 0 aromatic heterocycles. The molecule has 0 radical (unpaired) electrons. The number of aryl methyl sites for hydroxylation is 1. The van der Waals surface area contributed by atoms with Crippen molar-refractivity contribution in [2.45, 2.75) is 21.6 Å². The second kappa shape index (κ2) is 10.7. The van der Waals surface area contributed by atoms with Crippen LogP contribution in [-0.4, -0.2) is 12.9 Å². The van der Waals surface area contributed by atoms with Crippen molar-refractivity contribution in [3.63, 3.8) is 0 Å². The lowest BCUT2D eigenvalue weighted by molar-refractivity contribution is 0.104. The van der Waals surface area contributed by atoms with Gasteiger partial charge in [0.15, 0.2) is 21.3 Å². The number of benzene rings is 5. The molecule has 0 bridgehead atoms. The van der Waals surface area contributed by atoms with Crippen molar-refractivity contribution in [3.8, 4) is 5.75 Å². The van der Waals surface area contributed by atoms with E-state index in [9.17, 15) is 4.79 Å². The van der Waals surface area contributed by atoms with Gasteiger partial charge >= 0.3 is 0 Å². The van der Waals surface area contributed by atoms with Gasteiger partial charge in [0.05, 0.1) is 7.11 Å². The molecule has 0 amide bonds. The summed E-state index contributed by atoms with van der Waals surface area (Å²) < 4.78 is 5.88. The fourth-order valence-electron chi connectivity index (χ4n) is 4.24. The van der Waals surface area contributed by atoms with Gasteiger partial charge in [-0.05, 0) is 66.4 Å². The minimum absolute atomic E-state index is 0.0139. The quantitative estimate of drug-likeness (QED) is 0.132. The molecule has 36 heavy (non-hydrogen) atoms. The summed E-state index contributed by atoms with van der Waals surface area (Å²) in [6, 6.07) is 39.2. The van der Waals surface area contributed by atoms with Crippen molar-refractivity contribution in [2.24, 2.45) is 0 Å². The Bertz CT molecular complexity index is 1480. The number of allylic oxidation sites excluding steroid dienone is 1. The van der Waals surface area contributed by atoms with E-state index in [4.69, 9.17) is 4.74 Å². The van der Waals surface area contributed by atoms with Crippen molar-refractivity contribution in [3.05, 3.63) is 138 Å².